The number of aromatic nitrogens is 1. The van der Waals surface area contributed by atoms with Crippen molar-refractivity contribution in [3.05, 3.63) is 41.3 Å². The van der Waals surface area contributed by atoms with Crippen LogP contribution in [0.5, 0.6) is 0 Å². The molecule has 1 atom stereocenters. The fraction of sp³-hybridized carbons (Fsp3) is 0.438. The molecule has 2 aromatic rings. The second-order valence-electron chi connectivity index (χ2n) is 6.06. The van der Waals surface area contributed by atoms with E-state index in [1.165, 1.54) is 0 Å². The van der Waals surface area contributed by atoms with Gasteiger partial charge in [-0.1, -0.05) is 23.4 Å². The molecule has 23 heavy (non-hydrogen) atoms. The van der Waals surface area contributed by atoms with Crippen molar-refractivity contribution in [3.63, 3.8) is 0 Å². The van der Waals surface area contributed by atoms with Gasteiger partial charge in [-0.3, -0.25) is 0 Å². The molecule has 1 aromatic heterocycles. The maximum atomic E-state index is 13.2. The molecule has 124 valence electrons. The van der Waals surface area contributed by atoms with Gasteiger partial charge in [-0.2, -0.15) is 4.31 Å². The van der Waals surface area contributed by atoms with E-state index >= 15 is 0 Å². The Morgan fingerprint density at radius 2 is 1.96 bits per heavy atom. The number of likely N-dealkylation sites (N-methyl/N-ethyl adjacent to an activating group) is 1. The van der Waals surface area contributed by atoms with Gasteiger partial charge in [0.1, 0.15) is 10.6 Å². The number of rotatable bonds is 2. The predicted molar refractivity (Wildman–Crippen MR) is 87.9 cm³/mol. The molecule has 6 nitrogen and oxygen atoms in total. The Labute approximate surface area is 136 Å². The Hall–Kier alpha value is -1.86. The van der Waals surface area contributed by atoms with Crippen LogP contribution in [0.25, 0.3) is 0 Å². The number of hydrogen-bond donors (Lipinski definition) is 0. The summed E-state index contributed by atoms with van der Waals surface area (Å²) in [7, 11) is -1.68. The molecule has 0 radical (unpaired) electrons. The molecule has 0 saturated heterocycles. The first-order chi connectivity index (χ1) is 10.8. The Kier molecular flexibility index (Phi) is 3.93. The number of fused-ring (bicyclic) bond motifs is 1. The van der Waals surface area contributed by atoms with Gasteiger partial charge in [-0.25, -0.2) is 8.42 Å². The Morgan fingerprint density at radius 1 is 1.26 bits per heavy atom. The molecule has 2 heterocycles. The van der Waals surface area contributed by atoms with Crippen LogP contribution in [0.15, 0.2) is 33.7 Å². The van der Waals surface area contributed by atoms with Crippen molar-refractivity contribution in [2.24, 2.45) is 0 Å². The third kappa shape index (κ3) is 2.64. The summed E-state index contributed by atoms with van der Waals surface area (Å²) in [6.45, 7) is 6.19. The smallest absolute Gasteiger partial charge is 0.249 e. The van der Waals surface area contributed by atoms with Crippen molar-refractivity contribution in [1.29, 1.82) is 0 Å². The number of sulfonamides is 1. The van der Waals surface area contributed by atoms with Gasteiger partial charge >= 0.3 is 0 Å². The molecule has 1 aromatic carbocycles. The van der Waals surface area contributed by atoms with E-state index in [0.29, 0.717) is 24.5 Å². The standard InChI is InChI=1S/C16H21N3O3S/c1-11-9-18(4)15-8-6-5-7-14(15)10-19(11)23(20,21)16-12(2)17-22-13(16)3/h5-8,11H,9-10H2,1-4H3/t11-/m1/s1. The average molecular weight is 335 g/mol. The van der Waals surface area contributed by atoms with E-state index in [9.17, 15) is 8.42 Å². The summed E-state index contributed by atoms with van der Waals surface area (Å²) in [6.07, 6.45) is 0. The third-order valence-electron chi connectivity index (χ3n) is 4.29. The van der Waals surface area contributed by atoms with Gasteiger partial charge in [0.25, 0.3) is 0 Å². The van der Waals surface area contributed by atoms with Crippen molar-refractivity contribution in [3.8, 4) is 0 Å². The first-order valence-electron chi connectivity index (χ1n) is 7.56. The van der Waals surface area contributed by atoms with Crippen molar-refractivity contribution in [2.75, 3.05) is 18.5 Å². The molecule has 1 aliphatic rings. The summed E-state index contributed by atoms with van der Waals surface area (Å²) in [4.78, 5) is 2.29. The molecular weight excluding hydrogens is 314 g/mol. The minimum atomic E-state index is -3.67. The average Bonchev–Trinajstić information content (AvgIpc) is 2.77. The van der Waals surface area contributed by atoms with Crippen molar-refractivity contribution < 1.29 is 12.9 Å². The van der Waals surface area contributed by atoms with E-state index < -0.39 is 10.0 Å². The number of aryl methyl sites for hydroxylation is 2. The van der Waals surface area contributed by atoms with Crippen LogP contribution in [0.2, 0.25) is 0 Å². The molecule has 0 unspecified atom stereocenters. The molecule has 0 fully saturated rings. The van der Waals surface area contributed by atoms with E-state index in [2.05, 4.69) is 10.1 Å². The lowest BCUT2D eigenvalue weighted by molar-refractivity contribution is 0.339. The van der Waals surface area contributed by atoms with Crippen molar-refractivity contribution >= 4 is 15.7 Å². The van der Waals surface area contributed by atoms with Crippen LogP contribution in [-0.2, 0) is 16.6 Å². The quantitative estimate of drug-likeness (QED) is 0.842. The predicted octanol–water partition coefficient (Wildman–Crippen LogP) is 2.32. The third-order valence-corrected chi connectivity index (χ3v) is 6.50. The summed E-state index contributed by atoms with van der Waals surface area (Å²) < 4.78 is 33.0. The lowest BCUT2D eigenvalue weighted by atomic mass is 10.1. The Bertz CT molecular complexity index is 809. The van der Waals surface area contributed by atoms with E-state index in [4.69, 9.17) is 4.52 Å². The zero-order valence-electron chi connectivity index (χ0n) is 13.8. The Balaban J connectivity index is 2.09. The number of hydrogen-bond acceptors (Lipinski definition) is 5. The molecule has 1 aliphatic heterocycles. The lowest BCUT2D eigenvalue weighted by Gasteiger charge is -2.27. The summed E-state index contributed by atoms with van der Waals surface area (Å²) in [5.74, 6) is 0.334. The van der Waals surface area contributed by atoms with Crippen LogP contribution in [0.4, 0.5) is 5.69 Å². The topological polar surface area (TPSA) is 66.7 Å². The summed E-state index contributed by atoms with van der Waals surface area (Å²) in [5, 5.41) is 3.79. The molecule has 0 saturated carbocycles. The summed E-state index contributed by atoms with van der Waals surface area (Å²) in [5.41, 5.74) is 2.46. The second kappa shape index (κ2) is 5.65. The van der Waals surface area contributed by atoms with E-state index in [0.717, 1.165) is 11.3 Å². The fourth-order valence-electron chi connectivity index (χ4n) is 3.21. The summed E-state index contributed by atoms with van der Waals surface area (Å²) >= 11 is 0. The molecule has 3 rings (SSSR count). The van der Waals surface area contributed by atoms with Crippen LogP contribution >= 0.6 is 0 Å². The normalized spacial score (nSPS) is 19.5. The molecule has 0 spiro atoms. The lowest BCUT2D eigenvalue weighted by Crippen LogP contribution is -2.42. The van der Waals surface area contributed by atoms with Crippen LogP contribution in [0.1, 0.15) is 23.9 Å². The van der Waals surface area contributed by atoms with E-state index in [1.807, 2.05) is 38.2 Å². The van der Waals surface area contributed by atoms with Crippen LogP contribution in [0.3, 0.4) is 0 Å². The van der Waals surface area contributed by atoms with E-state index in [-0.39, 0.29) is 10.9 Å². The first-order valence-corrected chi connectivity index (χ1v) is 9.00. The highest BCUT2D eigenvalue weighted by atomic mass is 32.2. The molecule has 0 bridgehead atoms. The van der Waals surface area contributed by atoms with Gasteiger partial charge in [0.05, 0.1) is 0 Å². The van der Waals surface area contributed by atoms with E-state index in [1.54, 1.807) is 18.2 Å². The zero-order chi connectivity index (χ0) is 16.8. The largest absolute Gasteiger partial charge is 0.373 e. The highest BCUT2D eigenvalue weighted by Crippen LogP contribution is 2.31. The molecule has 0 N–H and O–H groups in total. The highest BCUT2D eigenvalue weighted by Gasteiger charge is 2.36. The summed E-state index contributed by atoms with van der Waals surface area (Å²) in [6, 6.07) is 7.74. The van der Waals surface area contributed by atoms with Gasteiger partial charge < -0.3 is 9.42 Å². The van der Waals surface area contributed by atoms with Gasteiger partial charge in [0, 0.05) is 31.9 Å². The number of benzene rings is 1. The van der Waals surface area contributed by atoms with Crippen LogP contribution in [0, 0.1) is 13.8 Å². The molecule has 0 aliphatic carbocycles. The second-order valence-corrected chi connectivity index (χ2v) is 7.89. The van der Waals surface area contributed by atoms with Crippen LogP contribution < -0.4 is 4.90 Å². The first kappa shape index (κ1) is 16.0. The number of anilines is 1. The Morgan fingerprint density at radius 3 is 2.61 bits per heavy atom. The van der Waals surface area contributed by atoms with Crippen molar-refractivity contribution in [2.45, 2.75) is 38.3 Å². The number of para-hydroxylation sites is 1. The molecule has 7 heteroatoms. The monoisotopic (exact) mass is 335 g/mol. The minimum absolute atomic E-state index is 0.161. The maximum Gasteiger partial charge on any atom is 0.249 e. The fourth-order valence-corrected chi connectivity index (χ4v) is 5.10. The SMILES string of the molecule is Cc1noc(C)c1S(=O)(=O)N1Cc2ccccc2N(C)C[C@H]1C. The van der Waals surface area contributed by atoms with Gasteiger partial charge in [-0.05, 0) is 32.4 Å². The number of nitrogens with zero attached hydrogens (tertiary/aromatic N) is 3. The van der Waals surface area contributed by atoms with Gasteiger partial charge in [0.2, 0.25) is 10.0 Å². The molecule has 0 amide bonds. The maximum absolute atomic E-state index is 13.2. The highest BCUT2D eigenvalue weighted by molar-refractivity contribution is 7.89. The van der Waals surface area contributed by atoms with Gasteiger partial charge in [0.15, 0.2) is 5.76 Å². The van der Waals surface area contributed by atoms with Crippen LogP contribution in [-0.4, -0.2) is 37.5 Å². The van der Waals surface area contributed by atoms with Crippen molar-refractivity contribution in [1.82, 2.24) is 9.46 Å². The minimum Gasteiger partial charge on any atom is -0.373 e. The zero-order valence-corrected chi connectivity index (χ0v) is 14.6. The van der Waals surface area contributed by atoms with Gasteiger partial charge in [-0.15, -0.1) is 0 Å². The molecular formula is C16H21N3O3S.